The number of likely N-dealkylation sites (tertiary alicyclic amines) is 1. The molecule has 86 valence electrons. The fraction of sp³-hybridized carbons (Fsp3) is 1.00. The van der Waals surface area contributed by atoms with Gasteiger partial charge in [0.25, 0.3) is 0 Å². The molecule has 1 heterocycles. The molecule has 1 atom stereocenters. The Labute approximate surface area is 91.8 Å². The van der Waals surface area contributed by atoms with Crippen LogP contribution in [0.3, 0.4) is 0 Å². The van der Waals surface area contributed by atoms with E-state index in [4.69, 9.17) is 0 Å². The summed E-state index contributed by atoms with van der Waals surface area (Å²) < 4.78 is 0. The van der Waals surface area contributed by atoms with E-state index in [0.717, 1.165) is 19.3 Å². The SMILES string of the molecule is CC(C)N1CCC(NC23CC(O)(C2)C3)C1. The Kier molecular flexibility index (Phi) is 1.99. The average Bonchev–Trinajstić information content (AvgIpc) is 2.48. The number of aliphatic hydroxyl groups is 1. The highest BCUT2D eigenvalue weighted by Gasteiger charge is 2.67. The second-order valence-electron chi connectivity index (χ2n) is 6.25. The zero-order valence-electron chi connectivity index (χ0n) is 9.79. The summed E-state index contributed by atoms with van der Waals surface area (Å²) in [6, 6.07) is 1.34. The fourth-order valence-corrected chi connectivity index (χ4v) is 3.69. The van der Waals surface area contributed by atoms with Gasteiger partial charge in [-0.25, -0.2) is 0 Å². The second kappa shape index (κ2) is 2.96. The predicted molar refractivity (Wildman–Crippen MR) is 59.8 cm³/mol. The molecule has 0 amide bonds. The first-order valence-electron chi connectivity index (χ1n) is 6.25. The van der Waals surface area contributed by atoms with Crippen molar-refractivity contribution >= 4 is 0 Å². The monoisotopic (exact) mass is 210 g/mol. The van der Waals surface area contributed by atoms with Crippen molar-refractivity contribution in [2.24, 2.45) is 0 Å². The molecule has 0 aromatic carbocycles. The van der Waals surface area contributed by atoms with E-state index in [2.05, 4.69) is 24.1 Å². The van der Waals surface area contributed by atoms with Gasteiger partial charge in [-0.2, -0.15) is 0 Å². The van der Waals surface area contributed by atoms with Crippen molar-refractivity contribution < 1.29 is 5.11 Å². The van der Waals surface area contributed by atoms with E-state index in [1.807, 2.05) is 0 Å². The first-order chi connectivity index (χ1) is 7.00. The van der Waals surface area contributed by atoms with Crippen LogP contribution in [0.4, 0.5) is 0 Å². The molecule has 1 saturated heterocycles. The van der Waals surface area contributed by atoms with Crippen LogP contribution in [0.2, 0.25) is 0 Å². The van der Waals surface area contributed by atoms with Crippen molar-refractivity contribution in [2.45, 2.75) is 62.8 Å². The Balaban J connectivity index is 1.50. The Bertz CT molecular complexity index is 257. The van der Waals surface area contributed by atoms with E-state index in [1.54, 1.807) is 0 Å². The first kappa shape index (κ1) is 10.1. The second-order valence-corrected chi connectivity index (χ2v) is 6.25. The highest BCUT2D eigenvalue weighted by Crippen LogP contribution is 2.60. The molecule has 4 fully saturated rings. The lowest BCUT2D eigenvalue weighted by Crippen LogP contribution is -2.79. The molecule has 15 heavy (non-hydrogen) atoms. The van der Waals surface area contributed by atoms with Gasteiger partial charge in [-0.05, 0) is 46.1 Å². The Morgan fingerprint density at radius 2 is 2.00 bits per heavy atom. The molecule has 2 N–H and O–H groups in total. The van der Waals surface area contributed by atoms with Gasteiger partial charge in [-0.3, -0.25) is 4.90 Å². The minimum atomic E-state index is -0.261. The lowest BCUT2D eigenvalue weighted by Gasteiger charge is -2.68. The maximum atomic E-state index is 9.71. The molecule has 0 radical (unpaired) electrons. The summed E-state index contributed by atoms with van der Waals surface area (Å²) in [5.74, 6) is 0. The topological polar surface area (TPSA) is 35.5 Å². The van der Waals surface area contributed by atoms with Crippen molar-refractivity contribution in [1.29, 1.82) is 0 Å². The molecule has 2 bridgehead atoms. The first-order valence-corrected chi connectivity index (χ1v) is 6.25. The van der Waals surface area contributed by atoms with Crippen molar-refractivity contribution in [2.75, 3.05) is 13.1 Å². The summed E-state index contributed by atoms with van der Waals surface area (Å²) in [5, 5.41) is 13.5. The van der Waals surface area contributed by atoms with Crippen molar-refractivity contribution in [3.8, 4) is 0 Å². The van der Waals surface area contributed by atoms with Gasteiger partial charge in [0.15, 0.2) is 0 Å². The summed E-state index contributed by atoms with van der Waals surface area (Å²) in [4.78, 5) is 2.54. The molecule has 0 aromatic rings. The standard InChI is InChI=1S/C12H22N2O/c1-9(2)14-4-3-10(5-14)13-11-6-12(15,7-11)8-11/h9-10,13,15H,3-8H2,1-2H3. The minimum Gasteiger partial charge on any atom is -0.390 e. The lowest BCUT2D eigenvalue weighted by atomic mass is 9.46. The summed E-state index contributed by atoms with van der Waals surface area (Å²) in [6.07, 6.45) is 4.27. The molecule has 3 saturated carbocycles. The van der Waals surface area contributed by atoms with Crippen LogP contribution in [0.25, 0.3) is 0 Å². The summed E-state index contributed by atoms with van der Waals surface area (Å²) in [6.45, 7) is 6.96. The summed E-state index contributed by atoms with van der Waals surface area (Å²) in [7, 11) is 0. The predicted octanol–water partition coefficient (Wildman–Crippen LogP) is 0.726. The van der Waals surface area contributed by atoms with Gasteiger partial charge in [0, 0.05) is 24.2 Å². The minimum absolute atomic E-state index is 0.261. The van der Waals surface area contributed by atoms with E-state index >= 15 is 0 Å². The van der Waals surface area contributed by atoms with Gasteiger partial charge in [0.1, 0.15) is 0 Å². The van der Waals surface area contributed by atoms with Gasteiger partial charge < -0.3 is 10.4 Å². The van der Waals surface area contributed by atoms with Crippen LogP contribution in [0.5, 0.6) is 0 Å². The number of nitrogens with one attached hydrogen (secondary N) is 1. The van der Waals surface area contributed by atoms with Crippen LogP contribution in [0.15, 0.2) is 0 Å². The van der Waals surface area contributed by atoms with Gasteiger partial charge in [0.05, 0.1) is 5.60 Å². The quantitative estimate of drug-likeness (QED) is 0.721. The van der Waals surface area contributed by atoms with Crippen molar-refractivity contribution in [1.82, 2.24) is 10.2 Å². The van der Waals surface area contributed by atoms with Gasteiger partial charge in [-0.1, -0.05) is 0 Å². The number of rotatable bonds is 3. The van der Waals surface area contributed by atoms with Crippen LogP contribution in [-0.2, 0) is 0 Å². The molecule has 3 aliphatic carbocycles. The van der Waals surface area contributed by atoms with E-state index in [9.17, 15) is 5.11 Å². The molecule has 3 nitrogen and oxygen atoms in total. The maximum absolute atomic E-state index is 9.71. The Morgan fingerprint density at radius 3 is 2.47 bits per heavy atom. The molecule has 0 spiro atoms. The highest BCUT2D eigenvalue weighted by molar-refractivity contribution is 5.25. The van der Waals surface area contributed by atoms with Crippen LogP contribution in [-0.4, -0.2) is 46.3 Å². The van der Waals surface area contributed by atoms with Crippen molar-refractivity contribution in [3.63, 3.8) is 0 Å². The third kappa shape index (κ3) is 1.52. The van der Waals surface area contributed by atoms with Gasteiger partial charge in [0.2, 0.25) is 0 Å². The molecular weight excluding hydrogens is 188 g/mol. The molecule has 4 aliphatic rings. The highest BCUT2D eigenvalue weighted by atomic mass is 16.3. The fourth-order valence-electron chi connectivity index (χ4n) is 3.69. The zero-order chi connectivity index (χ0) is 10.7. The maximum Gasteiger partial charge on any atom is 0.0700 e. The van der Waals surface area contributed by atoms with Crippen LogP contribution in [0.1, 0.15) is 39.5 Å². The molecule has 1 aliphatic heterocycles. The van der Waals surface area contributed by atoms with Crippen molar-refractivity contribution in [3.05, 3.63) is 0 Å². The summed E-state index contributed by atoms with van der Waals surface area (Å²) >= 11 is 0. The van der Waals surface area contributed by atoms with Crippen LogP contribution >= 0.6 is 0 Å². The normalized spacial score (nSPS) is 49.2. The largest absolute Gasteiger partial charge is 0.390 e. The number of hydrogen-bond acceptors (Lipinski definition) is 3. The Morgan fingerprint density at radius 1 is 1.33 bits per heavy atom. The van der Waals surface area contributed by atoms with E-state index in [0.29, 0.717) is 17.6 Å². The number of nitrogens with zero attached hydrogens (tertiary/aromatic N) is 1. The zero-order valence-corrected chi connectivity index (χ0v) is 9.79. The van der Waals surface area contributed by atoms with Crippen LogP contribution < -0.4 is 5.32 Å². The third-order valence-corrected chi connectivity index (χ3v) is 4.46. The Hall–Kier alpha value is -0.120. The van der Waals surface area contributed by atoms with Crippen LogP contribution in [0, 0.1) is 0 Å². The molecular formula is C12H22N2O. The smallest absolute Gasteiger partial charge is 0.0700 e. The third-order valence-electron chi connectivity index (χ3n) is 4.46. The molecule has 4 rings (SSSR count). The van der Waals surface area contributed by atoms with E-state index < -0.39 is 0 Å². The molecule has 1 unspecified atom stereocenters. The number of hydrogen-bond donors (Lipinski definition) is 2. The van der Waals surface area contributed by atoms with E-state index in [1.165, 1.54) is 19.5 Å². The molecule has 3 heteroatoms. The average molecular weight is 210 g/mol. The van der Waals surface area contributed by atoms with Gasteiger partial charge >= 0.3 is 0 Å². The lowest BCUT2D eigenvalue weighted by molar-refractivity contribution is -0.223. The molecule has 0 aromatic heterocycles. The summed E-state index contributed by atoms with van der Waals surface area (Å²) in [5.41, 5.74) is 0.0791. The van der Waals surface area contributed by atoms with Gasteiger partial charge in [-0.15, -0.1) is 0 Å². The van der Waals surface area contributed by atoms with E-state index in [-0.39, 0.29) is 5.60 Å².